The van der Waals surface area contributed by atoms with Gasteiger partial charge in [0.05, 0.1) is 4.47 Å². The van der Waals surface area contributed by atoms with Gasteiger partial charge in [-0.15, -0.1) is 0 Å². The normalized spacial score (nSPS) is 20.7. The summed E-state index contributed by atoms with van der Waals surface area (Å²) in [6.07, 6.45) is 3.11. The highest BCUT2D eigenvalue weighted by atomic mass is 79.9. The van der Waals surface area contributed by atoms with Crippen molar-refractivity contribution in [2.75, 3.05) is 6.54 Å². The second kappa shape index (κ2) is 5.14. The molecule has 2 rings (SSSR count). The van der Waals surface area contributed by atoms with Crippen molar-refractivity contribution >= 4 is 21.5 Å². The third-order valence-electron chi connectivity index (χ3n) is 3.47. The standard InChI is InChI=1S/C15H19BrFN/c1-15(2,3)14-9-11(6-7-18-14)10-4-5-12(16)13(17)8-10/h4-6,8,14,18H,7,9H2,1-3H3. The first-order valence-corrected chi connectivity index (χ1v) is 7.05. The van der Waals surface area contributed by atoms with Crippen molar-refractivity contribution in [3.8, 4) is 0 Å². The highest BCUT2D eigenvalue weighted by molar-refractivity contribution is 9.10. The molecule has 0 aliphatic carbocycles. The smallest absolute Gasteiger partial charge is 0.137 e. The van der Waals surface area contributed by atoms with E-state index in [1.807, 2.05) is 6.07 Å². The lowest BCUT2D eigenvalue weighted by Crippen LogP contribution is -2.42. The second-order valence-electron chi connectivity index (χ2n) is 5.89. The monoisotopic (exact) mass is 311 g/mol. The van der Waals surface area contributed by atoms with Gasteiger partial charge in [0.2, 0.25) is 0 Å². The number of halogens is 2. The van der Waals surface area contributed by atoms with Crippen LogP contribution in [0.2, 0.25) is 0 Å². The molecule has 0 spiro atoms. The minimum absolute atomic E-state index is 0.195. The fourth-order valence-electron chi connectivity index (χ4n) is 2.24. The summed E-state index contributed by atoms with van der Waals surface area (Å²) in [4.78, 5) is 0. The quantitative estimate of drug-likeness (QED) is 0.811. The van der Waals surface area contributed by atoms with E-state index in [4.69, 9.17) is 0 Å². The number of hydrogen-bond acceptors (Lipinski definition) is 1. The second-order valence-corrected chi connectivity index (χ2v) is 6.74. The van der Waals surface area contributed by atoms with Gasteiger partial charge in [0.1, 0.15) is 5.82 Å². The van der Waals surface area contributed by atoms with E-state index in [9.17, 15) is 4.39 Å². The van der Waals surface area contributed by atoms with Crippen molar-refractivity contribution in [3.63, 3.8) is 0 Å². The topological polar surface area (TPSA) is 12.0 Å². The van der Waals surface area contributed by atoms with Gasteiger partial charge < -0.3 is 5.32 Å². The Labute approximate surface area is 117 Å². The molecule has 0 bridgehead atoms. The molecule has 1 nitrogen and oxygen atoms in total. The Balaban J connectivity index is 2.23. The number of rotatable bonds is 1. The third kappa shape index (κ3) is 3.01. The van der Waals surface area contributed by atoms with E-state index >= 15 is 0 Å². The summed E-state index contributed by atoms with van der Waals surface area (Å²) in [6.45, 7) is 7.55. The van der Waals surface area contributed by atoms with Gasteiger partial charge in [0.25, 0.3) is 0 Å². The first kappa shape index (κ1) is 13.8. The van der Waals surface area contributed by atoms with Crippen LogP contribution in [0.3, 0.4) is 0 Å². The Kier molecular flexibility index (Phi) is 3.93. The molecule has 98 valence electrons. The van der Waals surface area contributed by atoms with Gasteiger partial charge in [0, 0.05) is 12.6 Å². The Bertz CT molecular complexity index is 474. The first-order valence-electron chi connectivity index (χ1n) is 6.26. The Morgan fingerprint density at radius 2 is 2.06 bits per heavy atom. The van der Waals surface area contributed by atoms with Gasteiger partial charge in [-0.25, -0.2) is 4.39 Å². The molecule has 1 aromatic carbocycles. The third-order valence-corrected chi connectivity index (χ3v) is 4.12. The van der Waals surface area contributed by atoms with Crippen molar-refractivity contribution < 1.29 is 4.39 Å². The molecule has 1 unspecified atom stereocenters. The van der Waals surface area contributed by atoms with E-state index < -0.39 is 0 Å². The summed E-state index contributed by atoms with van der Waals surface area (Å²) in [7, 11) is 0. The lowest BCUT2D eigenvalue weighted by Gasteiger charge is -2.35. The average Bonchev–Trinajstić information content (AvgIpc) is 2.32. The van der Waals surface area contributed by atoms with E-state index in [0.717, 1.165) is 18.5 Å². The van der Waals surface area contributed by atoms with Crippen molar-refractivity contribution in [1.29, 1.82) is 0 Å². The van der Waals surface area contributed by atoms with Gasteiger partial charge in [-0.05, 0) is 51.0 Å². The fraction of sp³-hybridized carbons (Fsp3) is 0.467. The van der Waals surface area contributed by atoms with Crippen LogP contribution in [0.25, 0.3) is 5.57 Å². The minimum Gasteiger partial charge on any atom is -0.310 e. The van der Waals surface area contributed by atoms with Gasteiger partial charge >= 0.3 is 0 Å². The van der Waals surface area contributed by atoms with Crippen LogP contribution >= 0.6 is 15.9 Å². The largest absolute Gasteiger partial charge is 0.310 e. The van der Waals surface area contributed by atoms with Gasteiger partial charge in [0.15, 0.2) is 0 Å². The van der Waals surface area contributed by atoms with Crippen LogP contribution < -0.4 is 5.32 Å². The van der Waals surface area contributed by atoms with Crippen LogP contribution in [0, 0.1) is 11.2 Å². The molecule has 1 aliphatic heterocycles. The van der Waals surface area contributed by atoms with Crippen molar-refractivity contribution in [3.05, 3.63) is 40.1 Å². The molecule has 0 amide bonds. The number of benzene rings is 1. The highest BCUT2D eigenvalue weighted by Gasteiger charge is 2.27. The van der Waals surface area contributed by atoms with E-state index in [1.165, 1.54) is 5.57 Å². The van der Waals surface area contributed by atoms with E-state index in [-0.39, 0.29) is 11.2 Å². The molecule has 0 saturated heterocycles. The van der Waals surface area contributed by atoms with E-state index in [0.29, 0.717) is 10.5 Å². The minimum atomic E-state index is -0.195. The van der Waals surface area contributed by atoms with Crippen molar-refractivity contribution in [2.24, 2.45) is 5.41 Å². The predicted octanol–water partition coefficient (Wildman–Crippen LogP) is 4.38. The molecule has 1 aliphatic rings. The Morgan fingerprint density at radius 1 is 1.33 bits per heavy atom. The van der Waals surface area contributed by atoms with Crippen molar-refractivity contribution in [1.82, 2.24) is 5.32 Å². The maximum Gasteiger partial charge on any atom is 0.137 e. The van der Waals surface area contributed by atoms with Gasteiger partial charge in [-0.1, -0.05) is 32.9 Å². The summed E-state index contributed by atoms with van der Waals surface area (Å²) >= 11 is 3.19. The van der Waals surface area contributed by atoms with Crippen LogP contribution in [0.15, 0.2) is 28.7 Å². The molecule has 1 heterocycles. The van der Waals surface area contributed by atoms with Gasteiger partial charge in [-0.2, -0.15) is 0 Å². The molecule has 0 aromatic heterocycles. The van der Waals surface area contributed by atoms with Crippen LogP contribution in [-0.4, -0.2) is 12.6 Å². The zero-order valence-electron chi connectivity index (χ0n) is 11.1. The summed E-state index contributed by atoms with van der Waals surface area (Å²) < 4.78 is 14.1. The molecule has 1 N–H and O–H groups in total. The fourth-order valence-corrected chi connectivity index (χ4v) is 2.49. The van der Waals surface area contributed by atoms with E-state index in [2.05, 4.69) is 48.1 Å². The van der Waals surface area contributed by atoms with Gasteiger partial charge in [-0.3, -0.25) is 0 Å². The summed E-state index contributed by atoms with van der Waals surface area (Å²) in [6, 6.07) is 5.80. The Morgan fingerprint density at radius 3 is 2.67 bits per heavy atom. The molecule has 1 aromatic rings. The SMILES string of the molecule is CC(C)(C)C1CC(c2ccc(Br)c(F)c2)=CCN1. The van der Waals surface area contributed by atoms with Crippen LogP contribution in [0.4, 0.5) is 4.39 Å². The molecule has 0 saturated carbocycles. The predicted molar refractivity (Wildman–Crippen MR) is 77.9 cm³/mol. The van der Waals surface area contributed by atoms with Crippen LogP contribution in [0.1, 0.15) is 32.8 Å². The van der Waals surface area contributed by atoms with Crippen LogP contribution in [-0.2, 0) is 0 Å². The maximum absolute atomic E-state index is 13.6. The molecular formula is C15H19BrFN. The van der Waals surface area contributed by atoms with Crippen molar-refractivity contribution in [2.45, 2.75) is 33.2 Å². The number of nitrogens with one attached hydrogen (secondary N) is 1. The highest BCUT2D eigenvalue weighted by Crippen LogP contribution is 2.32. The zero-order valence-corrected chi connectivity index (χ0v) is 12.6. The number of hydrogen-bond donors (Lipinski definition) is 1. The van der Waals surface area contributed by atoms with E-state index in [1.54, 1.807) is 12.1 Å². The van der Waals surface area contributed by atoms with Crippen LogP contribution in [0.5, 0.6) is 0 Å². The zero-order chi connectivity index (χ0) is 13.3. The molecular weight excluding hydrogens is 293 g/mol. The maximum atomic E-state index is 13.6. The molecule has 3 heteroatoms. The molecule has 0 fully saturated rings. The lowest BCUT2D eigenvalue weighted by molar-refractivity contribution is 0.274. The summed E-state index contributed by atoms with van der Waals surface area (Å²) in [5, 5.41) is 3.51. The lowest BCUT2D eigenvalue weighted by atomic mass is 9.80. The molecule has 18 heavy (non-hydrogen) atoms. The molecule has 0 radical (unpaired) electrons. The average molecular weight is 312 g/mol. The summed E-state index contributed by atoms with van der Waals surface area (Å²) in [5.74, 6) is -0.195. The molecule has 1 atom stereocenters. The first-order chi connectivity index (χ1) is 8.38. The summed E-state index contributed by atoms with van der Waals surface area (Å²) in [5.41, 5.74) is 2.44. The Hall–Kier alpha value is -0.670.